The third-order valence-electron chi connectivity index (χ3n) is 7.43. The van der Waals surface area contributed by atoms with Crippen molar-refractivity contribution in [1.29, 1.82) is 0 Å². The Morgan fingerprint density at radius 2 is 2.00 bits per heavy atom. The third-order valence-corrected chi connectivity index (χ3v) is 7.43. The molecule has 3 heterocycles. The number of nitrogens with one attached hydrogen (secondary N) is 1. The number of aromatic nitrogens is 5. The standard InChI is InChI=1S/C26H38N6O2/c1-7-23(24-28-29-30-32(24)26(5,6)8-2)31(16-21-10-9-11-34-21)15-20-14-19-12-17(3)18(4)13-22(19)27-25(20)33/h12-14,21,23H,7-11,15-16H2,1-6H3,(H,27,33)/t21-,23+/m1/s1. The molecule has 3 aromatic rings. The molecule has 1 aliphatic heterocycles. The fourth-order valence-corrected chi connectivity index (χ4v) is 4.80. The molecule has 0 saturated carbocycles. The molecule has 0 unspecified atom stereocenters. The van der Waals surface area contributed by atoms with E-state index in [1.165, 1.54) is 11.1 Å². The van der Waals surface area contributed by atoms with E-state index in [0.29, 0.717) is 6.54 Å². The van der Waals surface area contributed by atoms with E-state index < -0.39 is 0 Å². The van der Waals surface area contributed by atoms with Crippen LogP contribution in [0.15, 0.2) is 23.0 Å². The van der Waals surface area contributed by atoms with E-state index in [0.717, 1.165) is 61.1 Å². The average Bonchev–Trinajstić information content (AvgIpc) is 3.49. The summed E-state index contributed by atoms with van der Waals surface area (Å²) < 4.78 is 7.95. The maximum absolute atomic E-state index is 13.1. The van der Waals surface area contributed by atoms with Crippen LogP contribution in [0.3, 0.4) is 0 Å². The highest BCUT2D eigenvalue weighted by molar-refractivity contribution is 5.80. The lowest BCUT2D eigenvalue weighted by atomic mass is 10.0. The van der Waals surface area contributed by atoms with Crippen molar-refractivity contribution < 1.29 is 4.74 Å². The lowest BCUT2D eigenvalue weighted by Crippen LogP contribution is -2.39. The number of pyridine rings is 1. The number of rotatable bonds is 9. The van der Waals surface area contributed by atoms with Gasteiger partial charge in [-0.25, -0.2) is 4.68 Å². The van der Waals surface area contributed by atoms with Crippen LogP contribution in [0.2, 0.25) is 0 Å². The van der Waals surface area contributed by atoms with Gasteiger partial charge in [0.05, 0.1) is 17.7 Å². The van der Waals surface area contributed by atoms with Crippen LogP contribution in [-0.2, 0) is 16.8 Å². The Bertz CT molecular complexity index is 1190. The van der Waals surface area contributed by atoms with Crippen LogP contribution in [-0.4, -0.2) is 49.3 Å². The number of fused-ring (bicyclic) bond motifs is 1. The van der Waals surface area contributed by atoms with Gasteiger partial charge in [0, 0.05) is 30.8 Å². The predicted molar refractivity (Wildman–Crippen MR) is 134 cm³/mol. The Kier molecular flexibility index (Phi) is 7.19. The second-order valence-electron chi connectivity index (χ2n) is 10.3. The minimum absolute atomic E-state index is 0.0279. The first-order valence-corrected chi connectivity index (χ1v) is 12.5. The topological polar surface area (TPSA) is 88.9 Å². The van der Waals surface area contributed by atoms with Gasteiger partial charge in [-0.15, -0.1) is 5.10 Å². The maximum atomic E-state index is 13.1. The summed E-state index contributed by atoms with van der Waals surface area (Å²) in [5, 5.41) is 13.9. The molecule has 8 heteroatoms. The van der Waals surface area contributed by atoms with Crippen molar-refractivity contribution in [2.45, 2.75) is 91.5 Å². The molecule has 0 radical (unpaired) electrons. The van der Waals surface area contributed by atoms with Crippen LogP contribution in [0.1, 0.15) is 81.9 Å². The summed E-state index contributed by atoms with van der Waals surface area (Å²) in [5.74, 6) is 0.844. The predicted octanol–water partition coefficient (Wildman–Crippen LogP) is 4.41. The maximum Gasteiger partial charge on any atom is 0.252 e. The molecular weight excluding hydrogens is 428 g/mol. The van der Waals surface area contributed by atoms with Crippen molar-refractivity contribution in [3.63, 3.8) is 0 Å². The molecular formula is C26H38N6O2. The monoisotopic (exact) mass is 466 g/mol. The minimum atomic E-state index is -0.197. The number of ether oxygens (including phenoxy) is 1. The quantitative estimate of drug-likeness (QED) is 0.503. The van der Waals surface area contributed by atoms with Crippen molar-refractivity contribution in [1.82, 2.24) is 30.1 Å². The van der Waals surface area contributed by atoms with Gasteiger partial charge >= 0.3 is 0 Å². The van der Waals surface area contributed by atoms with Gasteiger partial charge in [-0.3, -0.25) is 9.69 Å². The summed E-state index contributed by atoms with van der Waals surface area (Å²) in [6, 6.07) is 6.21. The Morgan fingerprint density at radius 3 is 2.68 bits per heavy atom. The number of tetrazole rings is 1. The second-order valence-corrected chi connectivity index (χ2v) is 10.3. The Morgan fingerprint density at radius 1 is 1.24 bits per heavy atom. The van der Waals surface area contributed by atoms with Crippen LogP contribution in [0.4, 0.5) is 0 Å². The van der Waals surface area contributed by atoms with Gasteiger partial charge < -0.3 is 9.72 Å². The largest absolute Gasteiger partial charge is 0.377 e. The first-order chi connectivity index (χ1) is 16.2. The number of nitrogens with zero attached hydrogens (tertiary/aromatic N) is 5. The zero-order valence-corrected chi connectivity index (χ0v) is 21.4. The average molecular weight is 467 g/mol. The number of hydrogen-bond acceptors (Lipinski definition) is 6. The molecule has 1 aromatic carbocycles. The highest BCUT2D eigenvalue weighted by Crippen LogP contribution is 2.30. The highest BCUT2D eigenvalue weighted by Gasteiger charge is 2.32. The van der Waals surface area contributed by atoms with E-state index in [1.807, 2.05) is 10.7 Å². The number of aromatic amines is 1. The first-order valence-electron chi connectivity index (χ1n) is 12.5. The van der Waals surface area contributed by atoms with Crippen LogP contribution in [0, 0.1) is 13.8 Å². The molecule has 1 aliphatic rings. The van der Waals surface area contributed by atoms with E-state index in [9.17, 15) is 4.79 Å². The summed E-state index contributed by atoms with van der Waals surface area (Å²) >= 11 is 0. The zero-order chi connectivity index (χ0) is 24.5. The lowest BCUT2D eigenvalue weighted by molar-refractivity contribution is 0.0475. The summed E-state index contributed by atoms with van der Waals surface area (Å²) in [6.07, 6.45) is 4.00. The van der Waals surface area contributed by atoms with Gasteiger partial charge in [-0.2, -0.15) is 0 Å². The Hall–Kier alpha value is -2.58. The van der Waals surface area contributed by atoms with Crippen molar-refractivity contribution in [2.24, 2.45) is 0 Å². The van der Waals surface area contributed by atoms with Crippen LogP contribution >= 0.6 is 0 Å². The molecule has 184 valence electrons. The molecule has 8 nitrogen and oxygen atoms in total. The van der Waals surface area contributed by atoms with Crippen molar-refractivity contribution >= 4 is 10.9 Å². The second kappa shape index (κ2) is 9.96. The van der Waals surface area contributed by atoms with E-state index in [4.69, 9.17) is 4.74 Å². The zero-order valence-electron chi connectivity index (χ0n) is 21.4. The van der Waals surface area contributed by atoms with E-state index in [-0.39, 0.29) is 23.2 Å². The van der Waals surface area contributed by atoms with E-state index in [1.54, 1.807) is 0 Å². The highest BCUT2D eigenvalue weighted by atomic mass is 16.5. The lowest BCUT2D eigenvalue weighted by Gasteiger charge is -2.34. The number of aryl methyl sites for hydroxylation is 2. The molecule has 4 rings (SSSR count). The number of hydrogen-bond donors (Lipinski definition) is 1. The smallest absolute Gasteiger partial charge is 0.252 e. The molecule has 0 bridgehead atoms. The normalized spacial score (nSPS) is 17.7. The van der Waals surface area contributed by atoms with E-state index in [2.05, 4.69) is 79.1 Å². The molecule has 0 aliphatic carbocycles. The van der Waals surface area contributed by atoms with Gasteiger partial charge in [0.1, 0.15) is 0 Å². The molecule has 1 N–H and O–H groups in total. The first kappa shape index (κ1) is 24.5. The van der Waals surface area contributed by atoms with Gasteiger partial charge in [0.2, 0.25) is 0 Å². The third kappa shape index (κ3) is 4.93. The Labute approximate surface area is 201 Å². The Balaban J connectivity index is 1.73. The summed E-state index contributed by atoms with van der Waals surface area (Å²) in [5.41, 5.74) is 3.78. The summed E-state index contributed by atoms with van der Waals surface area (Å²) in [6.45, 7) is 14.8. The van der Waals surface area contributed by atoms with Gasteiger partial charge in [0.25, 0.3) is 5.56 Å². The molecule has 1 saturated heterocycles. The molecule has 34 heavy (non-hydrogen) atoms. The fourth-order valence-electron chi connectivity index (χ4n) is 4.80. The molecule has 0 spiro atoms. The van der Waals surface area contributed by atoms with Crippen LogP contribution in [0.25, 0.3) is 10.9 Å². The van der Waals surface area contributed by atoms with Crippen molar-refractivity contribution in [3.05, 3.63) is 51.1 Å². The number of H-pyrrole nitrogens is 1. The van der Waals surface area contributed by atoms with Gasteiger partial charge in [-0.05, 0) is 98.5 Å². The number of benzene rings is 1. The SMILES string of the molecule is CC[C@@H](c1nnnn1C(C)(C)CC)N(Cc1cc2cc(C)c(C)cc2[nH]c1=O)C[C@H]1CCCO1. The van der Waals surface area contributed by atoms with E-state index >= 15 is 0 Å². The van der Waals surface area contributed by atoms with Crippen LogP contribution < -0.4 is 5.56 Å². The van der Waals surface area contributed by atoms with Gasteiger partial charge in [-0.1, -0.05) is 13.8 Å². The minimum Gasteiger partial charge on any atom is -0.377 e. The molecule has 0 amide bonds. The van der Waals surface area contributed by atoms with Gasteiger partial charge in [0.15, 0.2) is 5.82 Å². The molecule has 2 aromatic heterocycles. The fraction of sp³-hybridized carbons (Fsp3) is 0.615. The molecule has 2 atom stereocenters. The summed E-state index contributed by atoms with van der Waals surface area (Å²) in [4.78, 5) is 18.6. The summed E-state index contributed by atoms with van der Waals surface area (Å²) in [7, 11) is 0. The van der Waals surface area contributed by atoms with Crippen molar-refractivity contribution in [3.8, 4) is 0 Å². The molecule has 1 fully saturated rings. The van der Waals surface area contributed by atoms with Crippen LogP contribution in [0.5, 0.6) is 0 Å². The van der Waals surface area contributed by atoms with Crippen molar-refractivity contribution in [2.75, 3.05) is 13.2 Å².